The Labute approximate surface area is 124 Å². The molecule has 0 spiro atoms. The minimum atomic E-state index is -0.219. The summed E-state index contributed by atoms with van der Waals surface area (Å²) in [5.41, 5.74) is 5.89. The van der Waals surface area contributed by atoms with Gasteiger partial charge in [-0.1, -0.05) is 0 Å². The van der Waals surface area contributed by atoms with Gasteiger partial charge < -0.3 is 21.1 Å². The number of nitrogens with zero attached hydrogens (tertiary/aromatic N) is 2. The van der Waals surface area contributed by atoms with Crippen molar-refractivity contribution in [3.05, 3.63) is 18.3 Å². The average molecular weight is 293 g/mol. The third-order valence-corrected chi connectivity index (χ3v) is 3.29. The lowest BCUT2D eigenvalue weighted by atomic mass is 10.3. The van der Waals surface area contributed by atoms with Gasteiger partial charge in [0, 0.05) is 19.6 Å². The summed E-state index contributed by atoms with van der Waals surface area (Å²) in [5, 5.41) is 5.93. The molecule has 0 atom stereocenters. The van der Waals surface area contributed by atoms with Crippen LogP contribution in [0.3, 0.4) is 0 Å². The van der Waals surface area contributed by atoms with Gasteiger partial charge in [-0.3, -0.25) is 9.69 Å². The second kappa shape index (κ2) is 8.56. The van der Waals surface area contributed by atoms with Crippen molar-refractivity contribution in [2.24, 2.45) is 5.73 Å². The lowest BCUT2D eigenvalue weighted by Gasteiger charge is -2.26. The highest BCUT2D eigenvalue weighted by Crippen LogP contribution is 2.09. The highest BCUT2D eigenvalue weighted by atomic mass is 16.5. The Hall–Kier alpha value is -1.70. The number of ether oxygens (including phenoxy) is 1. The van der Waals surface area contributed by atoms with Gasteiger partial charge in [0.1, 0.15) is 5.82 Å². The molecule has 21 heavy (non-hydrogen) atoms. The van der Waals surface area contributed by atoms with E-state index in [4.69, 9.17) is 10.5 Å². The third kappa shape index (κ3) is 5.66. The summed E-state index contributed by atoms with van der Waals surface area (Å²) in [4.78, 5) is 17.8. The summed E-state index contributed by atoms with van der Waals surface area (Å²) in [6, 6.07) is 3.66. The van der Waals surface area contributed by atoms with E-state index in [1.807, 2.05) is 12.1 Å². The summed E-state index contributed by atoms with van der Waals surface area (Å²) in [7, 11) is 0. The summed E-state index contributed by atoms with van der Waals surface area (Å²) in [6.07, 6.45) is 2.69. The summed E-state index contributed by atoms with van der Waals surface area (Å²) >= 11 is 0. The normalized spacial score (nSPS) is 15.7. The fourth-order valence-electron chi connectivity index (χ4n) is 2.13. The molecule has 4 N–H and O–H groups in total. The molecule has 1 fully saturated rings. The number of carbonyl (C=O) groups excluding carboxylic acids is 1. The van der Waals surface area contributed by atoms with Crippen molar-refractivity contribution in [3.63, 3.8) is 0 Å². The van der Waals surface area contributed by atoms with Crippen LogP contribution in [0.15, 0.2) is 18.3 Å². The molecule has 1 aliphatic heterocycles. The predicted octanol–water partition coefficient (Wildman–Crippen LogP) is 0.113. The van der Waals surface area contributed by atoms with Crippen molar-refractivity contribution in [2.75, 3.05) is 56.6 Å². The molecular formula is C14H23N5O2. The number of aromatic nitrogens is 1. The number of nitrogens with one attached hydrogen (secondary N) is 2. The van der Waals surface area contributed by atoms with Gasteiger partial charge in [0.2, 0.25) is 5.91 Å². The molecule has 0 aliphatic carbocycles. The molecule has 7 heteroatoms. The molecule has 1 aromatic heterocycles. The van der Waals surface area contributed by atoms with Crippen LogP contribution in [0.1, 0.15) is 6.42 Å². The van der Waals surface area contributed by atoms with E-state index < -0.39 is 0 Å². The van der Waals surface area contributed by atoms with Gasteiger partial charge in [-0.2, -0.15) is 0 Å². The van der Waals surface area contributed by atoms with Crippen LogP contribution in [0.2, 0.25) is 0 Å². The van der Waals surface area contributed by atoms with E-state index >= 15 is 0 Å². The minimum Gasteiger partial charge on any atom is -0.379 e. The van der Waals surface area contributed by atoms with E-state index in [1.54, 1.807) is 6.20 Å². The van der Waals surface area contributed by atoms with Gasteiger partial charge >= 0.3 is 0 Å². The third-order valence-electron chi connectivity index (χ3n) is 3.29. The van der Waals surface area contributed by atoms with E-state index in [1.165, 1.54) is 0 Å². The summed E-state index contributed by atoms with van der Waals surface area (Å²) in [6.45, 7) is 5.64. The standard InChI is InChI=1S/C14H23N5O2/c15-10-14(20)18-12-2-3-13(17-11-12)16-4-1-5-19-6-8-21-9-7-19/h2-3,11H,1,4-10,15H2,(H,16,17)(H,18,20). The van der Waals surface area contributed by atoms with Gasteiger partial charge in [-0.05, 0) is 25.1 Å². The van der Waals surface area contributed by atoms with Crippen molar-refractivity contribution < 1.29 is 9.53 Å². The van der Waals surface area contributed by atoms with Crippen molar-refractivity contribution in [1.82, 2.24) is 9.88 Å². The molecule has 7 nitrogen and oxygen atoms in total. The lowest BCUT2D eigenvalue weighted by Crippen LogP contribution is -2.37. The first-order valence-electron chi connectivity index (χ1n) is 7.28. The quantitative estimate of drug-likeness (QED) is 0.618. The minimum absolute atomic E-state index is 0.0262. The Morgan fingerprint density at radius 2 is 2.19 bits per heavy atom. The fraction of sp³-hybridized carbons (Fsp3) is 0.571. The van der Waals surface area contributed by atoms with E-state index in [0.717, 1.165) is 51.6 Å². The van der Waals surface area contributed by atoms with Crippen LogP contribution in [0, 0.1) is 0 Å². The van der Waals surface area contributed by atoms with Gasteiger partial charge in [0.25, 0.3) is 0 Å². The zero-order valence-corrected chi connectivity index (χ0v) is 12.2. The molecule has 0 saturated carbocycles. The van der Waals surface area contributed by atoms with Crippen LogP contribution >= 0.6 is 0 Å². The SMILES string of the molecule is NCC(=O)Nc1ccc(NCCCN2CCOCC2)nc1. The Morgan fingerprint density at radius 1 is 1.38 bits per heavy atom. The maximum atomic E-state index is 11.1. The summed E-state index contributed by atoms with van der Waals surface area (Å²) < 4.78 is 5.32. The van der Waals surface area contributed by atoms with E-state index in [2.05, 4.69) is 20.5 Å². The zero-order valence-electron chi connectivity index (χ0n) is 12.2. The number of amides is 1. The van der Waals surface area contributed by atoms with Crippen molar-refractivity contribution in [3.8, 4) is 0 Å². The molecule has 1 aliphatic rings. The molecule has 0 radical (unpaired) electrons. The molecule has 1 saturated heterocycles. The average Bonchev–Trinajstić information content (AvgIpc) is 2.54. The number of morpholine rings is 1. The molecule has 0 bridgehead atoms. The van der Waals surface area contributed by atoms with Crippen molar-refractivity contribution >= 4 is 17.4 Å². The monoisotopic (exact) mass is 293 g/mol. The van der Waals surface area contributed by atoms with Crippen LogP contribution in [0.4, 0.5) is 11.5 Å². The summed E-state index contributed by atoms with van der Waals surface area (Å²) in [5.74, 6) is 0.589. The highest BCUT2D eigenvalue weighted by Gasteiger charge is 2.09. The van der Waals surface area contributed by atoms with Crippen LogP contribution in [-0.4, -0.2) is 61.7 Å². The number of carbonyl (C=O) groups is 1. The predicted molar refractivity (Wildman–Crippen MR) is 82.3 cm³/mol. The Bertz CT molecular complexity index is 431. The smallest absolute Gasteiger partial charge is 0.238 e. The molecular weight excluding hydrogens is 270 g/mol. The number of hydrogen-bond donors (Lipinski definition) is 3. The second-order valence-corrected chi connectivity index (χ2v) is 4.92. The molecule has 116 valence electrons. The molecule has 1 amide bonds. The number of nitrogens with two attached hydrogens (primary N) is 1. The molecule has 1 aromatic rings. The number of rotatable bonds is 7. The van der Waals surface area contributed by atoms with Crippen LogP contribution in [0.25, 0.3) is 0 Å². The Balaban J connectivity index is 1.65. The first-order chi connectivity index (χ1) is 10.3. The molecule has 2 heterocycles. The Kier molecular flexibility index (Phi) is 6.39. The van der Waals surface area contributed by atoms with E-state index in [-0.39, 0.29) is 12.5 Å². The molecule has 0 aromatic carbocycles. The largest absolute Gasteiger partial charge is 0.379 e. The Morgan fingerprint density at radius 3 is 2.86 bits per heavy atom. The van der Waals surface area contributed by atoms with Gasteiger partial charge in [0.15, 0.2) is 0 Å². The van der Waals surface area contributed by atoms with Crippen LogP contribution in [0.5, 0.6) is 0 Å². The number of hydrogen-bond acceptors (Lipinski definition) is 6. The zero-order chi connectivity index (χ0) is 14.9. The maximum Gasteiger partial charge on any atom is 0.238 e. The van der Waals surface area contributed by atoms with Gasteiger partial charge in [-0.15, -0.1) is 0 Å². The molecule has 2 rings (SSSR count). The van der Waals surface area contributed by atoms with Crippen LogP contribution in [-0.2, 0) is 9.53 Å². The maximum absolute atomic E-state index is 11.1. The van der Waals surface area contributed by atoms with Crippen molar-refractivity contribution in [1.29, 1.82) is 0 Å². The van der Waals surface area contributed by atoms with E-state index in [9.17, 15) is 4.79 Å². The second-order valence-electron chi connectivity index (χ2n) is 4.92. The van der Waals surface area contributed by atoms with Crippen molar-refractivity contribution in [2.45, 2.75) is 6.42 Å². The van der Waals surface area contributed by atoms with Gasteiger partial charge in [0.05, 0.1) is 31.6 Å². The first kappa shape index (κ1) is 15.7. The number of anilines is 2. The van der Waals surface area contributed by atoms with Crippen LogP contribution < -0.4 is 16.4 Å². The van der Waals surface area contributed by atoms with Gasteiger partial charge in [-0.25, -0.2) is 4.98 Å². The fourth-order valence-corrected chi connectivity index (χ4v) is 2.13. The number of pyridine rings is 1. The topological polar surface area (TPSA) is 92.5 Å². The first-order valence-corrected chi connectivity index (χ1v) is 7.28. The molecule has 0 unspecified atom stereocenters. The highest BCUT2D eigenvalue weighted by molar-refractivity contribution is 5.91. The van der Waals surface area contributed by atoms with E-state index in [0.29, 0.717) is 5.69 Å². The lowest BCUT2D eigenvalue weighted by molar-refractivity contribution is -0.114.